The van der Waals surface area contributed by atoms with Gasteiger partial charge in [0.1, 0.15) is 10.7 Å². The molecule has 3 aromatic carbocycles. The van der Waals surface area contributed by atoms with E-state index >= 15 is 0 Å². The zero-order valence-electron chi connectivity index (χ0n) is 17.5. The molecule has 7 heteroatoms. The van der Waals surface area contributed by atoms with Crippen molar-refractivity contribution in [3.63, 3.8) is 0 Å². The van der Waals surface area contributed by atoms with Gasteiger partial charge in [-0.3, -0.25) is 14.4 Å². The molecule has 2 N–H and O–H groups in total. The Hall–Kier alpha value is -3.90. The summed E-state index contributed by atoms with van der Waals surface area (Å²) in [6, 6.07) is 21.2. The number of anilines is 3. The van der Waals surface area contributed by atoms with Crippen LogP contribution in [0.25, 0.3) is 0 Å². The van der Waals surface area contributed by atoms with Gasteiger partial charge in [0, 0.05) is 16.9 Å². The first-order chi connectivity index (χ1) is 15.3. The number of nitrogens with one attached hydrogen (secondary N) is 2. The molecule has 1 heterocycles. The minimum atomic E-state index is -0.596. The molecule has 0 fully saturated rings. The summed E-state index contributed by atoms with van der Waals surface area (Å²) in [5.41, 5.74) is 3.83. The number of aryl methyl sites for hydroxylation is 2. The number of halogens is 1. The lowest BCUT2D eigenvalue weighted by Crippen LogP contribution is -2.32. The van der Waals surface area contributed by atoms with E-state index in [-0.39, 0.29) is 16.6 Å². The standard InChI is InChI=1S/C25H20ClN3O3/c1-15-10-12-18(13-11-15)28-23(30)17-7-5-8-19(14-17)27-22-21(26)24(31)29(25(22)32)20-9-4-3-6-16(20)2/h3-14,27H,1-2H3,(H,28,30). The van der Waals surface area contributed by atoms with Crippen LogP contribution in [0.1, 0.15) is 21.5 Å². The third-order valence-electron chi connectivity index (χ3n) is 5.09. The zero-order chi connectivity index (χ0) is 22.8. The molecule has 3 aromatic rings. The Bertz CT molecular complexity index is 1270. The predicted molar refractivity (Wildman–Crippen MR) is 126 cm³/mol. The molecule has 32 heavy (non-hydrogen) atoms. The number of hydrogen-bond acceptors (Lipinski definition) is 4. The molecular formula is C25H20ClN3O3. The van der Waals surface area contributed by atoms with Crippen LogP contribution in [0.3, 0.4) is 0 Å². The number of rotatable bonds is 5. The Morgan fingerprint density at radius 2 is 1.56 bits per heavy atom. The molecule has 0 spiro atoms. The number of carbonyl (C=O) groups excluding carboxylic acids is 3. The molecule has 160 valence electrons. The van der Waals surface area contributed by atoms with Crippen molar-refractivity contribution in [2.45, 2.75) is 13.8 Å². The maximum atomic E-state index is 13.0. The molecule has 0 aromatic heterocycles. The van der Waals surface area contributed by atoms with E-state index < -0.39 is 11.8 Å². The van der Waals surface area contributed by atoms with E-state index in [1.807, 2.05) is 50.2 Å². The lowest BCUT2D eigenvalue weighted by atomic mass is 10.1. The Balaban J connectivity index is 1.55. The van der Waals surface area contributed by atoms with Crippen LogP contribution in [0, 0.1) is 13.8 Å². The van der Waals surface area contributed by atoms with Gasteiger partial charge in [0.15, 0.2) is 0 Å². The smallest absolute Gasteiger partial charge is 0.283 e. The number of nitrogens with zero attached hydrogens (tertiary/aromatic N) is 1. The SMILES string of the molecule is Cc1ccc(NC(=O)c2cccc(NC3=C(Cl)C(=O)N(c4ccccc4C)C3=O)c2)cc1. The van der Waals surface area contributed by atoms with Crippen molar-refractivity contribution in [1.29, 1.82) is 0 Å². The average Bonchev–Trinajstić information content (AvgIpc) is 2.99. The molecule has 0 saturated heterocycles. The molecule has 0 aliphatic carbocycles. The number of hydrogen-bond donors (Lipinski definition) is 2. The monoisotopic (exact) mass is 445 g/mol. The molecular weight excluding hydrogens is 426 g/mol. The van der Waals surface area contributed by atoms with Gasteiger partial charge in [-0.2, -0.15) is 0 Å². The summed E-state index contributed by atoms with van der Waals surface area (Å²) < 4.78 is 0. The second-order valence-corrected chi connectivity index (χ2v) is 7.83. The third-order valence-corrected chi connectivity index (χ3v) is 5.44. The van der Waals surface area contributed by atoms with E-state index in [0.717, 1.165) is 16.0 Å². The Morgan fingerprint density at radius 3 is 2.28 bits per heavy atom. The highest BCUT2D eigenvalue weighted by Gasteiger charge is 2.39. The molecule has 3 amide bonds. The van der Waals surface area contributed by atoms with E-state index in [1.165, 1.54) is 0 Å². The van der Waals surface area contributed by atoms with Crippen molar-refractivity contribution in [1.82, 2.24) is 0 Å². The first-order valence-electron chi connectivity index (χ1n) is 9.94. The minimum absolute atomic E-state index is 0.0315. The van der Waals surface area contributed by atoms with Crippen LogP contribution in [0.4, 0.5) is 17.1 Å². The molecule has 0 atom stereocenters. The van der Waals surface area contributed by atoms with Crippen molar-refractivity contribution >= 4 is 46.4 Å². The Labute approximate surface area is 190 Å². The Kier molecular flexibility index (Phi) is 5.79. The van der Waals surface area contributed by atoms with Gasteiger partial charge in [-0.25, -0.2) is 4.90 Å². The van der Waals surface area contributed by atoms with Crippen molar-refractivity contribution < 1.29 is 14.4 Å². The fourth-order valence-electron chi connectivity index (χ4n) is 3.37. The van der Waals surface area contributed by atoms with E-state index in [4.69, 9.17) is 11.6 Å². The van der Waals surface area contributed by atoms with Crippen LogP contribution in [0.15, 0.2) is 83.5 Å². The minimum Gasteiger partial charge on any atom is -0.350 e. The molecule has 0 unspecified atom stereocenters. The normalized spacial score (nSPS) is 13.5. The van der Waals surface area contributed by atoms with Crippen LogP contribution in [0.2, 0.25) is 0 Å². The van der Waals surface area contributed by atoms with Crippen LogP contribution >= 0.6 is 11.6 Å². The summed E-state index contributed by atoms with van der Waals surface area (Å²) >= 11 is 6.22. The van der Waals surface area contributed by atoms with Gasteiger partial charge in [-0.05, 0) is 55.8 Å². The lowest BCUT2D eigenvalue weighted by molar-refractivity contribution is -0.120. The van der Waals surface area contributed by atoms with E-state index in [0.29, 0.717) is 22.6 Å². The molecule has 0 bridgehead atoms. The van der Waals surface area contributed by atoms with Gasteiger partial charge in [-0.15, -0.1) is 0 Å². The second-order valence-electron chi connectivity index (χ2n) is 7.45. The predicted octanol–water partition coefficient (Wildman–Crippen LogP) is 4.99. The zero-order valence-corrected chi connectivity index (χ0v) is 18.2. The van der Waals surface area contributed by atoms with E-state index in [1.54, 1.807) is 36.4 Å². The van der Waals surface area contributed by atoms with Gasteiger partial charge >= 0.3 is 0 Å². The first-order valence-corrected chi connectivity index (χ1v) is 10.3. The maximum absolute atomic E-state index is 13.0. The number of benzene rings is 3. The van der Waals surface area contributed by atoms with Crippen LogP contribution < -0.4 is 15.5 Å². The fraction of sp³-hybridized carbons (Fsp3) is 0.0800. The number of imide groups is 1. The van der Waals surface area contributed by atoms with Crippen molar-refractivity contribution in [2.24, 2.45) is 0 Å². The molecule has 6 nitrogen and oxygen atoms in total. The van der Waals surface area contributed by atoms with Gasteiger partial charge in [0.2, 0.25) is 0 Å². The maximum Gasteiger partial charge on any atom is 0.283 e. The Morgan fingerprint density at radius 1 is 0.844 bits per heavy atom. The van der Waals surface area contributed by atoms with Gasteiger partial charge in [0.05, 0.1) is 5.69 Å². The van der Waals surface area contributed by atoms with Crippen molar-refractivity contribution in [2.75, 3.05) is 15.5 Å². The highest BCUT2D eigenvalue weighted by atomic mass is 35.5. The van der Waals surface area contributed by atoms with Crippen LogP contribution in [0.5, 0.6) is 0 Å². The quantitative estimate of drug-likeness (QED) is 0.542. The van der Waals surface area contributed by atoms with Crippen molar-refractivity contribution in [3.05, 3.63) is 100 Å². The molecule has 0 saturated carbocycles. The molecule has 4 rings (SSSR count). The number of carbonyl (C=O) groups is 3. The molecule has 1 aliphatic heterocycles. The highest BCUT2D eigenvalue weighted by Crippen LogP contribution is 2.32. The fourth-order valence-corrected chi connectivity index (χ4v) is 3.58. The van der Waals surface area contributed by atoms with Gasteiger partial charge < -0.3 is 10.6 Å². The summed E-state index contributed by atoms with van der Waals surface area (Å²) in [5, 5.41) is 5.54. The van der Waals surface area contributed by atoms with Crippen LogP contribution in [-0.4, -0.2) is 17.7 Å². The number of amides is 3. The highest BCUT2D eigenvalue weighted by molar-refractivity contribution is 6.53. The largest absolute Gasteiger partial charge is 0.350 e. The summed E-state index contributed by atoms with van der Waals surface area (Å²) in [6.45, 7) is 3.78. The van der Waals surface area contributed by atoms with Crippen molar-refractivity contribution in [3.8, 4) is 0 Å². The summed E-state index contributed by atoms with van der Waals surface area (Å²) in [4.78, 5) is 39.4. The summed E-state index contributed by atoms with van der Waals surface area (Å²) in [5.74, 6) is -1.45. The topological polar surface area (TPSA) is 78.5 Å². The van der Waals surface area contributed by atoms with E-state index in [2.05, 4.69) is 10.6 Å². The molecule has 0 radical (unpaired) electrons. The van der Waals surface area contributed by atoms with E-state index in [9.17, 15) is 14.4 Å². The summed E-state index contributed by atoms with van der Waals surface area (Å²) in [6.07, 6.45) is 0. The van der Waals surface area contributed by atoms with Gasteiger partial charge in [-0.1, -0.05) is 53.6 Å². The van der Waals surface area contributed by atoms with Crippen LogP contribution in [-0.2, 0) is 9.59 Å². The first kappa shape index (κ1) is 21.3. The summed E-state index contributed by atoms with van der Waals surface area (Å²) in [7, 11) is 0. The number of para-hydroxylation sites is 1. The molecule has 1 aliphatic rings. The van der Waals surface area contributed by atoms with Gasteiger partial charge in [0.25, 0.3) is 17.7 Å². The average molecular weight is 446 g/mol. The third kappa shape index (κ3) is 4.13. The second kappa shape index (κ2) is 8.69. The lowest BCUT2D eigenvalue weighted by Gasteiger charge is -2.17.